The highest BCUT2D eigenvalue weighted by Crippen LogP contribution is 2.28. The standard InChI is InChI=1S/C15H17BrN2O2/c1-9-4-10(7-17)8-18(9)15(19)14-6-11-5-12(16)2-3-13(11)20-14/h2-3,5-6,9-10H,4,7-8,17H2,1H3. The Kier molecular flexibility index (Phi) is 3.56. The summed E-state index contributed by atoms with van der Waals surface area (Å²) in [6.07, 6.45) is 0.966. The molecule has 2 N–H and O–H groups in total. The summed E-state index contributed by atoms with van der Waals surface area (Å²) in [5, 5.41) is 0.935. The molecule has 1 aliphatic heterocycles. The number of hydrogen-bond acceptors (Lipinski definition) is 3. The van der Waals surface area contributed by atoms with E-state index in [9.17, 15) is 4.79 Å². The van der Waals surface area contributed by atoms with E-state index in [0.29, 0.717) is 18.2 Å². The summed E-state index contributed by atoms with van der Waals surface area (Å²) in [5.41, 5.74) is 6.44. The van der Waals surface area contributed by atoms with Gasteiger partial charge in [0.15, 0.2) is 5.76 Å². The Morgan fingerprint density at radius 3 is 3.00 bits per heavy atom. The van der Waals surface area contributed by atoms with Crippen LogP contribution in [0.4, 0.5) is 0 Å². The SMILES string of the molecule is CC1CC(CN)CN1C(=O)c1cc2cc(Br)ccc2o1. The van der Waals surface area contributed by atoms with Crippen LogP contribution in [0.1, 0.15) is 23.9 Å². The number of carbonyl (C=O) groups is 1. The molecular formula is C15H17BrN2O2. The summed E-state index contributed by atoms with van der Waals surface area (Å²) < 4.78 is 6.65. The minimum Gasteiger partial charge on any atom is -0.451 e. The first-order chi connectivity index (χ1) is 9.58. The fourth-order valence-electron chi connectivity index (χ4n) is 2.86. The highest BCUT2D eigenvalue weighted by atomic mass is 79.9. The lowest BCUT2D eigenvalue weighted by atomic mass is 10.1. The normalized spacial score (nSPS) is 22.6. The molecule has 1 fully saturated rings. The zero-order valence-electron chi connectivity index (χ0n) is 11.3. The van der Waals surface area contributed by atoms with Crippen LogP contribution < -0.4 is 5.73 Å². The van der Waals surface area contributed by atoms with Crippen molar-refractivity contribution in [3.8, 4) is 0 Å². The molecule has 0 aliphatic carbocycles. The van der Waals surface area contributed by atoms with Crippen LogP contribution in [-0.4, -0.2) is 29.9 Å². The largest absolute Gasteiger partial charge is 0.451 e. The summed E-state index contributed by atoms with van der Waals surface area (Å²) in [7, 11) is 0. The van der Waals surface area contributed by atoms with E-state index in [-0.39, 0.29) is 11.9 Å². The predicted molar refractivity (Wildman–Crippen MR) is 81.6 cm³/mol. The molecule has 1 aliphatic rings. The molecule has 2 unspecified atom stereocenters. The first-order valence-electron chi connectivity index (χ1n) is 6.78. The van der Waals surface area contributed by atoms with Crippen LogP contribution in [-0.2, 0) is 0 Å². The molecule has 0 bridgehead atoms. The van der Waals surface area contributed by atoms with Gasteiger partial charge < -0.3 is 15.1 Å². The molecule has 20 heavy (non-hydrogen) atoms. The van der Waals surface area contributed by atoms with Gasteiger partial charge in [0.1, 0.15) is 5.58 Å². The molecule has 2 heterocycles. The van der Waals surface area contributed by atoms with Crippen LogP contribution in [0.15, 0.2) is 33.2 Å². The van der Waals surface area contributed by atoms with Gasteiger partial charge in [0, 0.05) is 22.4 Å². The van der Waals surface area contributed by atoms with Crippen molar-refractivity contribution >= 4 is 32.8 Å². The second kappa shape index (κ2) is 5.22. The van der Waals surface area contributed by atoms with Crippen molar-refractivity contribution in [1.29, 1.82) is 0 Å². The van der Waals surface area contributed by atoms with Gasteiger partial charge >= 0.3 is 0 Å². The molecule has 2 atom stereocenters. The number of likely N-dealkylation sites (tertiary alicyclic amines) is 1. The van der Waals surface area contributed by atoms with Crippen LogP contribution in [0.25, 0.3) is 11.0 Å². The number of nitrogens with zero attached hydrogens (tertiary/aromatic N) is 1. The van der Waals surface area contributed by atoms with Gasteiger partial charge in [0.25, 0.3) is 5.91 Å². The maximum Gasteiger partial charge on any atom is 0.289 e. The fourth-order valence-corrected chi connectivity index (χ4v) is 3.24. The van der Waals surface area contributed by atoms with E-state index < -0.39 is 0 Å². The van der Waals surface area contributed by atoms with Gasteiger partial charge in [-0.25, -0.2) is 0 Å². The molecule has 1 amide bonds. The summed E-state index contributed by atoms with van der Waals surface area (Å²) in [4.78, 5) is 14.4. The lowest BCUT2D eigenvalue weighted by Gasteiger charge is -2.19. The van der Waals surface area contributed by atoms with Crippen LogP contribution in [0.3, 0.4) is 0 Å². The van der Waals surface area contributed by atoms with Gasteiger partial charge in [-0.05, 0) is 50.1 Å². The van der Waals surface area contributed by atoms with E-state index in [0.717, 1.165) is 28.4 Å². The van der Waals surface area contributed by atoms with E-state index in [1.807, 2.05) is 29.2 Å². The molecule has 1 aromatic heterocycles. The maximum atomic E-state index is 12.6. The number of amides is 1. The average molecular weight is 337 g/mol. The highest BCUT2D eigenvalue weighted by Gasteiger charge is 2.33. The van der Waals surface area contributed by atoms with Crippen molar-refractivity contribution in [2.45, 2.75) is 19.4 Å². The molecule has 1 aromatic carbocycles. The van der Waals surface area contributed by atoms with Gasteiger partial charge in [-0.2, -0.15) is 0 Å². The number of rotatable bonds is 2. The molecule has 1 saturated heterocycles. The fraction of sp³-hybridized carbons (Fsp3) is 0.400. The first-order valence-corrected chi connectivity index (χ1v) is 7.58. The van der Waals surface area contributed by atoms with Gasteiger partial charge in [0.2, 0.25) is 0 Å². The molecule has 106 valence electrons. The summed E-state index contributed by atoms with van der Waals surface area (Å²) in [6.45, 7) is 3.41. The number of hydrogen-bond donors (Lipinski definition) is 1. The van der Waals surface area contributed by atoms with Crippen molar-refractivity contribution in [2.24, 2.45) is 11.7 Å². The van der Waals surface area contributed by atoms with E-state index in [4.69, 9.17) is 10.2 Å². The van der Waals surface area contributed by atoms with Crippen LogP contribution in [0.5, 0.6) is 0 Å². The number of benzene rings is 1. The molecule has 3 rings (SSSR count). The summed E-state index contributed by atoms with van der Waals surface area (Å²) in [5.74, 6) is 0.760. The Bertz CT molecular complexity index is 652. The van der Waals surface area contributed by atoms with E-state index >= 15 is 0 Å². The van der Waals surface area contributed by atoms with Crippen molar-refractivity contribution in [2.75, 3.05) is 13.1 Å². The van der Waals surface area contributed by atoms with Crippen LogP contribution in [0.2, 0.25) is 0 Å². The topological polar surface area (TPSA) is 59.5 Å². The molecule has 2 aromatic rings. The Morgan fingerprint density at radius 1 is 1.50 bits per heavy atom. The lowest BCUT2D eigenvalue weighted by molar-refractivity contribution is 0.0713. The second-order valence-electron chi connectivity index (χ2n) is 5.44. The number of carbonyl (C=O) groups excluding carboxylic acids is 1. The smallest absolute Gasteiger partial charge is 0.289 e. The molecule has 0 saturated carbocycles. The molecule has 0 radical (unpaired) electrons. The molecule has 0 spiro atoms. The van der Waals surface area contributed by atoms with E-state index in [1.54, 1.807) is 0 Å². The molecule has 4 nitrogen and oxygen atoms in total. The zero-order chi connectivity index (χ0) is 14.3. The van der Waals surface area contributed by atoms with Crippen molar-refractivity contribution in [3.05, 3.63) is 34.5 Å². The van der Waals surface area contributed by atoms with Gasteiger partial charge in [-0.15, -0.1) is 0 Å². The van der Waals surface area contributed by atoms with Gasteiger partial charge in [0.05, 0.1) is 0 Å². The van der Waals surface area contributed by atoms with E-state index in [1.165, 1.54) is 0 Å². The minimum atomic E-state index is -0.0410. The minimum absolute atomic E-state index is 0.0410. The number of furan rings is 1. The first kappa shape index (κ1) is 13.6. The van der Waals surface area contributed by atoms with E-state index in [2.05, 4.69) is 22.9 Å². The van der Waals surface area contributed by atoms with Crippen molar-refractivity contribution in [3.63, 3.8) is 0 Å². The monoisotopic (exact) mass is 336 g/mol. The molecular weight excluding hydrogens is 320 g/mol. The molecule has 5 heteroatoms. The number of halogens is 1. The van der Waals surface area contributed by atoms with Crippen molar-refractivity contribution < 1.29 is 9.21 Å². The van der Waals surface area contributed by atoms with Gasteiger partial charge in [-0.1, -0.05) is 15.9 Å². The lowest BCUT2D eigenvalue weighted by Crippen LogP contribution is -2.34. The van der Waals surface area contributed by atoms with Crippen LogP contribution in [0, 0.1) is 5.92 Å². The third kappa shape index (κ3) is 2.36. The van der Waals surface area contributed by atoms with Crippen LogP contribution >= 0.6 is 15.9 Å². The third-order valence-electron chi connectivity index (χ3n) is 3.94. The zero-order valence-corrected chi connectivity index (χ0v) is 12.9. The summed E-state index contributed by atoms with van der Waals surface area (Å²) in [6, 6.07) is 7.75. The summed E-state index contributed by atoms with van der Waals surface area (Å²) >= 11 is 3.42. The highest BCUT2D eigenvalue weighted by molar-refractivity contribution is 9.10. The number of fused-ring (bicyclic) bond motifs is 1. The second-order valence-corrected chi connectivity index (χ2v) is 6.35. The quantitative estimate of drug-likeness (QED) is 0.916. The Labute approximate surface area is 126 Å². The van der Waals surface area contributed by atoms with Gasteiger partial charge in [-0.3, -0.25) is 4.79 Å². The Hall–Kier alpha value is -1.33. The maximum absolute atomic E-state index is 12.6. The van der Waals surface area contributed by atoms with Crippen molar-refractivity contribution in [1.82, 2.24) is 4.90 Å². The number of nitrogens with two attached hydrogens (primary N) is 1. The average Bonchev–Trinajstić information content (AvgIpc) is 3.00. The Morgan fingerprint density at radius 2 is 2.30 bits per heavy atom. The predicted octanol–water partition coefficient (Wildman–Crippen LogP) is 3.00. The third-order valence-corrected chi connectivity index (χ3v) is 4.44. The Balaban J connectivity index is 1.89.